The number of rotatable bonds is 2. The average molecular weight is 212 g/mol. The molecule has 80 valence electrons. The van der Waals surface area contributed by atoms with Gasteiger partial charge in [-0.3, -0.25) is 0 Å². The average Bonchev–Trinajstić information content (AvgIpc) is 2.19. The van der Waals surface area contributed by atoms with E-state index in [1.807, 2.05) is 0 Å². The highest BCUT2D eigenvalue weighted by molar-refractivity contribution is 7.99. The minimum absolute atomic E-state index is 0.261. The largest absolute Gasteiger partial charge is 0.375 e. The quantitative estimate of drug-likeness (QED) is 0.650. The molecule has 0 N–H and O–H groups in total. The van der Waals surface area contributed by atoms with Crippen molar-refractivity contribution in [3.63, 3.8) is 0 Å². The molecule has 2 heteroatoms. The second-order valence-electron chi connectivity index (χ2n) is 4.53. The molecule has 0 aromatic heterocycles. The molecule has 1 spiro atoms. The maximum absolute atomic E-state index is 6.04. The molecular formula is C12H20OS. The Morgan fingerprint density at radius 2 is 2.21 bits per heavy atom. The van der Waals surface area contributed by atoms with Crippen LogP contribution in [0.15, 0.2) is 12.7 Å². The van der Waals surface area contributed by atoms with Crippen LogP contribution in [0.2, 0.25) is 0 Å². The lowest BCUT2D eigenvalue weighted by atomic mass is 9.80. The van der Waals surface area contributed by atoms with E-state index in [1.54, 1.807) is 0 Å². The lowest BCUT2D eigenvalue weighted by Gasteiger charge is -2.43. The summed E-state index contributed by atoms with van der Waals surface area (Å²) in [6.07, 6.45) is 8.30. The predicted octanol–water partition coefficient (Wildman–Crippen LogP) is 3.25. The summed E-state index contributed by atoms with van der Waals surface area (Å²) in [5.41, 5.74) is 0.261. The molecule has 14 heavy (non-hydrogen) atoms. The Labute approximate surface area is 91.3 Å². The molecule has 0 aromatic carbocycles. The van der Waals surface area contributed by atoms with E-state index >= 15 is 0 Å². The van der Waals surface area contributed by atoms with Crippen molar-refractivity contribution >= 4 is 11.8 Å². The van der Waals surface area contributed by atoms with E-state index in [2.05, 4.69) is 24.4 Å². The maximum Gasteiger partial charge on any atom is 0.0701 e. The van der Waals surface area contributed by atoms with Crippen LogP contribution in [0, 0.1) is 5.92 Å². The van der Waals surface area contributed by atoms with Gasteiger partial charge in [-0.2, -0.15) is 11.8 Å². The van der Waals surface area contributed by atoms with E-state index in [1.165, 1.54) is 43.6 Å². The molecule has 2 heterocycles. The summed E-state index contributed by atoms with van der Waals surface area (Å²) in [4.78, 5) is 0. The molecule has 0 bridgehead atoms. The molecule has 2 saturated heterocycles. The van der Waals surface area contributed by atoms with Crippen molar-refractivity contribution in [2.24, 2.45) is 5.92 Å². The first-order valence-electron chi connectivity index (χ1n) is 5.67. The summed E-state index contributed by atoms with van der Waals surface area (Å²) in [6.45, 7) is 4.82. The smallest absolute Gasteiger partial charge is 0.0701 e. The van der Waals surface area contributed by atoms with E-state index in [4.69, 9.17) is 4.74 Å². The zero-order valence-corrected chi connectivity index (χ0v) is 9.65. The van der Waals surface area contributed by atoms with Gasteiger partial charge in [0.15, 0.2) is 0 Å². The van der Waals surface area contributed by atoms with Crippen LogP contribution in [0.4, 0.5) is 0 Å². The van der Waals surface area contributed by atoms with Gasteiger partial charge in [0.2, 0.25) is 0 Å². The standard InChI is InChI=1S/C12H20OS/c1-2-3-11-4-7-13-12(10-11)5-8-14-9-6-12/h2,11H,1,3-10H2. The molecule has 0 radical (unpaired) electrons. The lowest BCUT2D eigenvalue weighted by Crippen LogP contribution is -2.42. The maximum atomic E-state index is 6.04. The van der Waals surface area contributed by atoms with Crippen molar-refractivity contribution in [2.45, 2.75) is 37.7 Å². The monoisotopic (exact) mass is 212 g/mol. The molecule has 2 aliphatic rings. The summed E-state index contributed by atoms with van der Waals surface area (Å²) in [5, 5.41) is 0. The van der Waals surface area contributed by atoms with Gasteiger partial charge in [-0.25, -0.2) is 0 Å². The molecule has 2 fully saturated rings. The fourth-order valence-corrected chi connectivity index (χ4v) is 3.89. The number of hydrogen-bond acceptors (Lipinski definition) is 2. The fraction of sp³-hybridized carbons (Fsp3) is 0.833. The van der Waals surface area contributed by atoms with Crippen molar-refractivity contribution in [3.8, 4) is 0 Å². The third kappa shape index (κ3) is 2.34. The van der Waals surface area contributed by atoms with E-state index in [0.29, 0.717) is 0 Å². The predicted molar refractivity (Wildman–Crippen MR) is 62.8 cm³/mol. The second kappa shape index (κ2) is 4.71. The Hall–Kier alpha value is 0.0500. The molecule has 0 aromatic rings. The molecule has 0 amide bonds. The molecule has 1 nitrogen and oxygen atoms in total. The van der Waals surface area contributed by atoms with Crippen LogP contribution in [0.5, 0.6) is 0 Å². The van der Waals surface area contributed by atoms with Gasteiger partial charge in [0.1, 0.15) is 0 Å². The topological polar surface area (TPSA) is 9.23 Å². The van der Waals surface area contributed by atoms with Crippen LogP contribution in [0.3, 0.4) is 0 Å². The minimum Gasteiger partial charge on any atom is -0.375 e. The van der Waals surface area contributed by atoms with E-state index in [-0.39, 0.29) is 5.60 Å². The van der Waals surface area contributed by atoms with Crippen LogP contribution in [-0.4, -0.2) is 23.7 Å². The van der Waals surface area contributed by atoms with Crippen molar-refractivity contribution < 1.29 is 4.74 Å². The summed E-state index contributed by atoms with van der Waals surface area (Å²) in [5.74, 6) is 3.42. The highest BCUT2D eigenvalue weighted by atomic mass is 32.2. The van der Waals surface area contributed by atoms with Gasteiger partial charge in [0, 0.05) is 6.61 Å². The highest BCUT2D eigenvalue weighted by Crippen LogP contribution is 2.40. The van der Waals surface area contributed by atoms with Gasteiger partial charge in [0.25, 0.3) is 0 Å². The first-order valence-corrected chi connectivity index (χ1v) is 6.83. The van der Waals surface area contributed by atoms with Gasteiger partial charge >= 0.3 is 0 Å². The second-order valence-corrected chi connectivity index (χ2v) is 5.75. The summed E-state index contributed by atoms with van der Waals surface area (Å²) < 4.78 is 6.04. The molecular weight excluding hydrogens is 192 g/mol. The van der Waals surface area contributed by atoms with Gasteiger partial charge in [-0.15, -0.1) is 6.58 Å². The third-order valence-corrected chi connectivity index (χ3v) is 4.48. The van der Waals surface area contributed by atoms with Crippen LogP contribution in [0.25, 0.3) is 0 Å². The van der Waals surface area contributed by atoms with Crippen molar-refractivity contribution in [1.29, 1.82) is 0 Å². The zero-order valence-electron chi connectivity index (χ0n) is 8.84. The minimum atomic E-state index is 0.261. The van der Waals surface area contributed by atoms with Crippen LogP contribution >= 0.6 is 11.8 Å². The van der Waals surface area contributed by atoms with Gasteiger partial charge in [-0.05, 0) is 49.5 Å². The number of allylic oxidation sites excluding steroid dienone is 1. The fourth-order valence-electron chi connectivity index (χ4n) is 2.66. The van der Waals surface area contributed by atoms with E-state index < -0.39 is 0 Å². The number of ether oxygens (including phenoxy) is 1. The normalized spacial score (nSPS) is 31.6. The molecule has 1 unspecified atom stereocenters. The number of thioether (sulfide) groups is 1. The van der Waals surface area contributed by atoms with Crippen molar-refractivity contribution in [1.82, 2.24) is 0 Å². The van der Waals surface area contributed by atoms with Crippen molar-refractivity contribution in [2.75, 3.05) is 18.1 Å². The first-order chi connectivity index (χ1) is 6.85. The summed E-state index contributed by atoms with van der Waals surface area (Å²) in [6, 6.07) is 0. The SMILES string of the molecule is C=CCC1CCOC2(CCSCC2)C1. The molecule has 2 aliphatic heterocycles. The Bertz CT molecular complexity index is 191. The number of hydrogen-bond donors (Lipinski definition) is 0. The molecule has 0 saturated carbocycles. The Kier molecular flexibility index (Phi) is 3.56. The summed E-state index contributed by atoms with van der Waals surface area (Å²) in [7, 11) is 0. The summed E-state index contributed by atoms with van der Waals surface area (Å²) >= 11 is 2.08. The van der Waals surface area contributed by atoms with E-state index in [0.717, 1.165) is 12.5 Å². The Balaban J connectivity index is 1.94. The zero-order chi connectivity index (χ0) is 9.86. The van der Waals surface area contributed by atoms with Gasteiger partial charge < -0.3 is 4.74 Å². The highest BCUT2D eigenvalue weighted by Gasteiger charge is 2.38. The third-order valence-electron chi connectivity index (χ3n) is 3.50. The molecule has 1 atom stereocenters. The first kappa shape index (κ1) is 10.6. The van der Waals surface area contributed by atoms with Gasteiger partial charge in [-0.1, -0.05) is 6.08 Å². The Morgan fingerprint density at radius 1 is 1.43 bits per heavy atom. The molecule has 0 aliphatic carbocycles. The van der Waals surface area contributed by atoms with Crippen LogP contribution in [0.1, 0.15) is 32.1 Å². The van der Waals surface area contributed by atoms with E-state index in [9.17, 15) is 0 Å². The van der Waals surface area contributed by atoms with Gasteiger partial charge in [0.05, 0.1) is 5.60 Å². The van der Waals surface area contributed by atoms with Crippen LogP contribution in [-0.2, 0) is 4.74 Å². The Morgan fingerprint density at radius 3 is 2.93 bits per heavy atom. The lowest BCUT2D eigenvalue weighted by molar-refractivity contribution is -0.101. The van der Waals surface area contributed by atoms with Crippen LogP contribution < -0.4 is 0 Å². The molecule has 2 rings (SSSR count). The van der Waals surface area contributed by atoms with Crippen molar-refractivity contribution in [3.05, 3.63) is 12.7 Å².